The van der Waals surface area contributed by atoms with Crippen LogP contribution in [0.15, 0.2) is 6.07 Å². The molecule has 0 saturated heterocycles. The largest absolute Gasteiger partial charge is 0.385 e. The molecule has 0 bridgehead atoms. The van der Waals surface area contributed by atoms with Crippen molar-refractivity contribution < 1.29 is 14.5 Å². The van der Waals surface area contributed by atoms with Crippen LogP contribution in [0, 0.1) is 37.8 Å². The van der Waals surface area contributed by atoms with Crippen LogP contribution in [0.3, 0.4) is 0 Å². The molecule has 136 valence electrons. The van der Waals surface area contributed by atoms with Crippen LogP contribution in [-0.2, 0) is 17.8 Å². The van der Waals surface area contributed by atoms with Gasteiger partial charge in [-0.25, -0.2) is 0 Å². The van der Waals surface area contributed by atoms with Crippen molar-refractivity contribution in [2.24, 2.45) is 0 Å². The maximum atomic E-state index is 12.7. The average Bonchev–Trinajstić information content (AvgIpc) is 2.97. The molecule has 0 aliphatic carbocycles. The fraction of sp³-hybridized carbons (Fsp3) is 0.529. The Kier molecular flexibility index (Phi) is 5.73. The van der Waals surface area contributed by atoms with Gasteiger partial charge in [-0.15, -0.1) is 0 Å². The molecule has 0 aliphatic heterocycles. The van der Waals surface area contributed by atoms with Crippen LogP contribution in [0.4, 0.5) is 5.69 Å². The molecule has 0 spiro atoms. The Labute approximate surface area is 146 Å². The summed E-state index contributed by atoms with van der Waals surface area (Å²) in [6.07, 6.45) is 0.865. The highest BCUT2D eigenvalue weighted by molar-refractivity contribution is 5.97. The van der Waals surface area contributed by atoms with E-state index in [4.69, 9.17) is 4.74 Å². The number of carbonyl (C=O) groups is 1. The number of rotatable bonds is 8. The second-order valence-electron chi connectivity index (χ2n) is 6.14. The van der Waals surface area contributed by atoms with E-state index in [1.54, 1.807) is 21.0 Å². The lowest BCUT2D eigenvalue weighted by Crippen LogP contribution is -2.14. The van der Waals surface area contributed by atoms with Crippen LogP contribution in [-0.4, -0.2) is 38.8 Å². The van der Waals surface area contributed by atoms with Gasteiger partial charge in [-0.2, -0.15) is 5.10 Å². The number of aryl methyl sites for hydroxylation is 2. The minimum Gasteiger partial charge on any atom is -0.385 e. The third kappa shape index (κ3) is 3.79. The minimum absolute atomic E-state index is 0.0110. The molecule has 2 rings (SSSR count). The number of carbonyl (C=O) groups excluding carboxylic acids is 1. The Morgan fingerprint density at radius 2 is 1.96 bits per heavy atom. The summed E-state index contributed by atoms with van der Waals surface area (Å²) in [5.41, 5.74) is 3.22. The smallest absolute Gasteiger partial charge is 0.312 e. The van der Waals surface area contributed by atoms with Gasteiger partial charge in [-0.3, -0.25) is 19.6 Å². The summed E-state index contributed by atoms with van der Waals surface area (Å²) in [6.45, 7) is 8.50. The van der Waals surface area contributed by atoms with Crippen molar-refractivity contribution in [2.75, 3.05) is 13.7 Å². The van der Waals surface area contributed by atoms with E-state index >= 15 is 0 Å². The monoisotopic (exact) mass is 348 g/mol. The van der Waals surface area contributed by atoms with E-state index in [1.165, 1.54) is 4.68 Å². The van der Waals surface area contributed by atoms with Crippen LogP contribution >= 0.6 is 0 Å². The van der Waals surface area contributed by atoms with Crippen molar-refractivity contribution in [1.82, 2.24) is 14.3 Å². The lowest BCUT2D eigenvalue weighted by atomic mass is 10.1. The van der Waals surface area contributed by atoms with Gasteiger partial charge in [0.1, 0.15) is 17.9 Å². The molecule has 0 radical (unpaired) electrons. The lowest BCUT2D eigenvalue weighted by Gasteiger charge is -2.09. The zero-order chi connectivity index (χ0) is 18.7. The summed E-state index contributed by atoms with van der Waals surface area (Å²) in [5.74, 6) is -0.105. The summed E-state index contributed by atoms with van der Waals surface area (Å²) in [4.78, 5) is 23.3. The maximum absolute atomic E-state index is 12.7. The SMILES string of the molecule is COCCCn1c(C)cc(C(=O)Cn2nc(C)c([N+](=O)[O-])c2C)c1C. The van der Waals surface area contributed by atoms with E-state index < -0.39 is 4.92 Å². The predicted octanol–water partition coefficient (Wildman–Crippen LogP) is 2.75. The van der Waals surface area contributed by atoms with E-state index in [1.807, 2.05) is 19.9 Å². The zero-order valence-electron chi connectivity index (χ0n) is 15.3. The number of hydrogen-bond donors (Lipinski definition) is 0. The van der Waals surface area contributed by atoms with Gasteiger partial charge in [0, 0.05) is 37.2 Å². The van der Waals surface area contributed by atoms with Crippen molar-refractivity contribution in [3.8, 4) is 0 Å². The van der Waals surface area contributed by atoms with Crippen LogP contribution < -0.4 is 0 Å². The summed E-state index contributed by atoms with van der Waals surface area (Å²) in [7, 11) is 1.66. The topological polar surface area (TPSA) is 92.2 Å². The van der Waals surface area contributed by atoms with E-state index in [0.29, 0.717) is 23.6 Å². The van der Waals surface area contributed by atoms with E-state index in [-0.39, 0.29) is 18.0 Å². The van der Waals surface area contributed by atoms with Gasteiger partial charge in [-0.1, -0.05) is 0 Å². The van der Waals surface area contributed by atoms with Crippen LogP contribution in [0.2, 0.25) is 0 Å². The molecule has 0 aromatic carbocycles. The van der Waals surface area contributed by atoms with Crippen molar-refractivity contribution in [2.45, 2.75) is 47.2 Å². The second kappa shape index (κ2) is 7.60. The fourth-order valence-corrected chi connectivity index (χ4v) is 3.12. The molecule has 8 nitrogen and oxygen atoms in total. The molecule has 25 heavy (non-hydrogen) atoms. The van der Waals surface area contributed by atoms with Crippen molar-refractivity contribution in [1.29, 1.82) is 0 Å². The first kappa shape index (κ1) is 18.9. The van der Waals surface area contributed by atoms with Crippen LogP contribution in [0.1, 0.15) is 39.6 Å². The highest BCUT2D eigenvalue weighted by Gasteiger charge is 2.24. The van der Waals surface area contributed by atoms with Gasteiger partial charge in [-0.05, 0) is 40.2 Å². The molecule has 0 aliphatic rings. The number of aromatic nitrogens is 3. The van der Waals surface area contributed by atoms with E-state index in [0.717, 1.165) is 24.4 Å². The molecule has 0 saturated carbocycles. The molecule has 0 fully saturated rings. The predicted molar refractivity (Wildman–Crippen MR) is 93.1 cm³/mol. The van der Waals surface area contributed by atoms with Crippen molar-refractivity contribution in [3.05, 3.63) is 44.5 Å². The quantitative estimate of drug-likeness (QED) is 0.316. The van der Waals surface area contributed by atoms with Gasteiger partial charge in [0.2, 0.25) is 0 Å². The summed E-state index contributed by atoms with van der Waals surface area (Å²) < 4.78 is 8.58. The van der Waals surface area contributed by atoms with Gasteiger partial charge < -0.3 is 9.30 Å². The highest BCUT2D eigenvalue weighted by Crippen LogP contribution is 2.23. The fourth-order valence-electron chi connectivity index (χ4n) is 3.12. The first-order valence-electron chi connectivity index (χ1n) is 8.15. The van der Waals surface area contributed by atoms with Gasteiger partial charge in [0.25, 0.3) is 0 Å². The van der Waals surface area contributed by atoms with Crippen molar-refractivity contribution >= 4 is 11.5 Å². The summed E-state index contributed by atoms with van der Waals surface area (Å²) >= 11 is 0. The number of methoxy groups -OCH3 is 1. The Balaban J connectivity index is 2.23. The van der Waals surface area contributed by atoms with Gasteiger partial charge in [0.05, 0.1) is 4.92 Å². The molecule has 2 aromatic heterocycles. The second-order valence-corrected chi connectivity index (χ2v) is 6.14. The number of nitro groups is 1. The molecule has 8 heteroatoms. The standard InChI is InChI=1S/C17H24N4O4/c1-11-9-15(13(3)19(11)7-6-8-25-5)16(22)10-20-14(4)17(21(23)24)12(2)18-20/h9H,6-8,10H2,1-5H3. The Bertz CT molecular complexity index is 804. The number of nitrogens with zero attached hydrogens (tertiary/aromatic N) is 4. The first-order valence-corrected chi connectivity index (χ1v) is 8.15. The average molecular weight is 348 g/mol. The molecular weight excluding hydrogens is 324 g/mol. The Morgan fingerprint density at radius 1 is 1.28 bits per heavy atom. The Hall–Kier alpha value is -2.48. The maximum Gasteiger partial charge on any atom is 0.312 e. The number of hydrogen-bond acceptors (Lipinski definition) is 5. The van der Waals surface area contributed by atoms with Gasteiger partial charge in [0.15, 0.2) is 5.78 Å². The molecule has 0 N–H and O–H groups in total. The van der Waals surface area contributed by atoms with Crippen molar-refractivity contribution in [3.63, 3.8) is 0 Å². The normalized spacial score (nSPS) is 11.1. The molecule has 0 atom stereocenters. The van der Waals surface area contributed by atoms with E-state index in [9.17, 15) is 14.9 Å². The molecule has 2 heterocycles. The van der Waals surface area contributed by atoms with Crippen LogP contribution in [0.5, 0.6) is 0 Å². The number of Topliss-reactive ketones (excluding diaryl/α,β-unsaturated/α-hetero) is 1. The zero-order valence-corrected chi connectivity index (χ0v) is 15.3. The minimum atomic E-state index is -0.458. The van der Waals surface area contributed by atoms with Crippen LogP contribution in [0.25, 0.3) is 0 Å². The molecular formula is C17H24N4O4. The first-order chi connectivity index (χ1) is 11.8. The number of ketones is 1. The highest BCUT2D eigenvalue weighted by atomic mass is 16.6. The Morgan fingerprint density at radius 3 is 2.52 bits per heavy atom. The third-order valence-electron chi connectivity index (χ3n) is 4.42. The van der Waals surface area contributed by atoms with E-state index in [2.05, 4.69) is 9.67 Å². The summed E-state index contributed by atoms with van der Waals surface area (Å²) in [5, 5.41) is 15.2. The third-order valence-corrected chi connectivity index (χ3v) is 4.42. The molecule has 0 amide bonds. The lowest BCUT2D eigenvalue weighted by molar-refractivity contribution is -0.386. The van der Waals surface area contributed by atoms with Gasteiger partial charge >= 0.3 is 5.69 Å². The number of ether oxygens (including phenoxy) is 1. The summed E-state index contributed by atoms with van der Waals surface area (Å²) in [6, 6.07) is 1.87. The molecule has 0 unspecified atom stereocenters. The molecule has 2 aromatic rings.